The number of sulfonamides is 1. The molecule has 0 aliphatic carbocycles. The molecule has 0 fully saturated rings. The molecule has 2 heterocycles. The fourth-order valence-electron chi connectivity index (χ4n) is 2.41. The van der Waals surface area contributed by atoms with Crippen molar-refractivity contribution in [1.29, 1.82) is 0 Å². The lowest BCUT2D eigenvalue weighted by molar-refractivity contribution is 0.590. The Labute approximate surface area is 135 Å². The molecule has 124 valence electrons. The van der Waals surface area contributed by atoms with Crippen molar-refractivity contribution in [2.24, 2.45) is 5.14 Å². The molecule has 0 bridgehead atoms. The Bertz CT molecular complexity index is 789. The second-order valence-corrected chi connectivity index (χ2v) is 7.42. The Kier molecular flexibility index (Phi) is 5.11. The molecule has 2 aromatic rings. The summed E-state index contributed by atoms with van der Waals surface area (Å²) in [7, 11) is -3.85. The van der Waals surface area contributed by atoms with Crippen molar-refractivity contribution in [2.75, 3.05) is 0 Å². The van der Waals surface area contributed by atoms with Gasteiger partial charge in [-0.25, -0.2) is 22.9 Å². The third-order valence-electron chi connectivity index (χ3n) is 3.62. The van der Waals surface area contributed by atoms with Gasteiger partial charge in [-0.3, -0.25) is 4.98 Å². The Morgan fingerprint density at radius 2 is 1.87 bits per heavy atom. The molecule has 0 aliphatic rings. The third kappa shape index (κ3) is 4.33. The fourth-order valence-corrected chi connectivity index (χ4v) is 3.24. The number of hydrogen-bond acceptors (Lipinski definition) is 4. The van der Waals surface area contributed by atoms with Gasteiger partial charge in [0.15, 0.2) is 5.03 Å². The number of halogens is 1. The molecule has 0 radical (unpaired) electrons. The van der Waals surface area contributed by atoms with Crippen molar-refractivity contribution in [1.82, 2.24) is 9.97 Å². The fraction of sp³-hybridized carbons (Fsp3) is 0.375. The van der Waals surface area contributed by atoms with E-state index in [9.17, 15) is 12.8 Å². The summed E-state index contributed by atoms with van der Waals surface area (Å²) in [6.45, 7) is 5.75. The molecule has 0 aromatic carbocycles. The van der Waals surface area contributed by atoms with E-state index in [4.69, 9.17) is 5.14 Å². The first kappa shape index (κ1) is 17.5. The van der Waals surface area contributed by atoms with Gasteiger partial charge in [-0.05, 0) is 35.6 Å². The molecule has 0 spiro atoms. The normalized spacial score (nSPS) is 13.3. The summed E-state index contributed by atoms with van der Waals surface area (Å²) in [4.78, 5) is 8.12. The zero-order valence-corrected chi connectivity index (χ0v) is 14.1. The number of aromatic nitrogens is 2. The molecule has 0 aliphatic heterocycles. The second kappa shape index (κ2) is 6.72. The van der Waals surface area contributed by atoms with Gasteiger partial charge in [0.25, 0.3) is 10.0 Å². The highest BCUT2D eigenvalue weighted by Crippen LogP contribution is 2.25. The van der Waals surface area contributed by atoms with E-state index < -0.39 is 10.0 Å². The topological polar surface area (TPSA) is 85.9 Å². The molecule has 23 heavy (non-hydrogen) atoms. The van der Waals surface area contributed by atoms with Crippen molar-refractivity contribution < 1.29 is 12.8 Å². The molecule has 1 unspecified atom stereocenters. The smallest absolute Gasteiger partial charge is 0.255 e. The summed E-state index contributed by atoms with van der Waals surface area (Å²) in [5, 5.41) is 5.14. The van der Waals surface area contributed by atoms with Crippen LogP contribution >= 0.6 is 0 Å². The van der Waals surface area contributed by atoms with Crippen LogP contribution < -0.4 is 5.14 Å². The average molecular weight is 337 g/mol. The van der Waals surface area contributed by atoms with Gasteiger partial charge in [0, 0.05) is 17.8 Å². The van der Waals surface area contributed by atoms with Crippen molar-refractivity contribution in [3.05, 3.63) is 53.2 Å². The molecule has 2 aromatic heterocycles. The second-order valence-electron chi connectivity index (χ2n) is 5.94. The van der Waals surface area contributed by atoms with E-state index in [1.807, 2.05) is 26.8 Å². The molecule has 2 N–H and O–H groups in total. The first-order chi connectivity index (χ1) is 10.7. The molecular formula is C16H20FN3O2S. The lowest BCUT2D eigenvalue weighted by Gasteiger charge is -2.15. The highest BCUT2D eigenvalue weighted by atomic mass is 32.2. The van der Waals surface area contributed by atoms with Crippen molar-refractivity contribution in [3.8, 4) is 0 Å². The molecule has 5 nitrogen and oxygen atoms in total. The average Bonchev–Trinajstić information content (AvgIpc) is 2.46. The summed E-state index contributed by atoms with van der Waals surface area (Å²) in [5.74, 6) is -0.338. The highest BCUT2D eigenvalue weighted by Gasteiger charge is 2.19. The van der Waals surface area contributed by atoms with E-state index in [0.717, 1.165) is 11.3 Å². The minimum Gasteiger partial charge on any atom is -0.258 e. The largest absolute Gasteiger partial charge is 0.258 e. The summed E-state index contributed by atoms with van der Waals surface area (Å²) in [6.07, 6.45) is 3.33. The Morgan fingerprint density at radius 1 is 1.17 bits per heavy atom. The molecular weight excluding hydrogens is 317 g/mol. The molecule has 0 saturated heterocycles. The zero-order valence-electron chi connectivity index (χ0n) is 13.3. The van der Waals surface area contributed by atoms with Gasteiger partial charge in [0.05, 0.1) is 6.20 Å². The molecule has 7 heteroatoms. The molecule has 2 rings (SSSR count). The predicted octanol–water partition coefficient (Wildman–Crippen LogP) is 2.73. The summed E-state index contributed by atoms with van der Waals surface area (Å²) < 4.78 is 36.2. The van der Waals surface area contributed by atoms with Gasteiger partial charge in [-0.15, -0.1) is 0 Å². The van der Waals surface area contributed by atoms with Gasteiger partial charge in [0.2, 0.25) is 0 Å². The first-order valence-corrected chi connectivity index (χ1v) is 8.86. The zero-order chi connectivity index (χ0) is 17.2. The summed E-state index contributed by atoms with van der Waals surface area (Å²) in [6, 6.07) is 4.84. The Morgan fingerprint density at radius 3 is 2.39 bits per heavy atom. The van der Waals surface area contributed by atoms with Crippen LogP contribution in [0.3, 0.4) is 0 Å². The predicted molar refractivity (Wildman–Crippen MR) is 86.0 cm³/mol. The number of nitrogens with two attached hydrogens (primary N) is 1. The van der Waals surface area contributed by atoms with Crippen LogP contribution in [0.5, 0.6) is 0 Å². The maximum Gasteiger partial charge on any atom is 0.255 e. The quantitative estimate of drug-likeness (QED) is 0.909. The maximum absolute atomic E-state index is 12.9. The van der Waals surface area contributed by atoms with Crippen molar-refractivity contribution in [3.63, 3.8) is 0 Å². The van der Waals surface area contributed by atoms with Crippen LogP contribution in [0.2, 0.25) is 0 Å². The molecule has 0 amide bonds. The monoisotopic (exact) mass is 337 g/mol. The van der Waals surface area contributed by atoms with Crippen LogP contribution in [0.4, 0.5) is 4.39 Å². The van der Waals surface area contributed by atoms with Crippen LogP contribution in [0.15, 0.2) is 35.6 Å². The first-order valence-electron chi connectivity index (χ1n) is 7.31. The van der Waals surface area contributed by atoms with Crippen LogP contribution in [0, 0.1) is 5.82 Å². The number of primary sulfonamides is 1. The lowest BCUT2D eigenvalue weighted by atomic mass is 9.96. The van der Waals surface area contributed by atoms with E-state index >= 15 is 0 Å². The number of rotatable bonds is 5. The van der Waals surface area contributed by atoms with E-state index in [1.54, 1.807) is 6.07 Å². The van der Waals surface area contributed by atoms with Gasteiger partial charge in [0.1, 0.15) is 5.82 Å². The van der Waals surface area contributed by atoms with Crippen LogP contribution in [0.25, 0.3) is 0 Å². The van der Waals surface area contributed by atoms with E-state index in [-0.39, 0.29) is 22.7 Å². The van der Waals surface area contributed by atoms with Crippen molar-refractivity contribution >= 4 is 10.0 Å². The third-order valence-corrected chi connectivity index (χ3v) is 4.50. The molecule has 0 saturated carbocycles. The van der Waals surface area contributed by atoms with Crippen LogP contribution in [-0.4, -0.2) is 18.4 Å². The summed E-state index contributed by atoms with van der Waals surface area (Å²) >= 11 is 0. The van der Waals surface area contributed by atoms with Crippen LogP contribution in [0.1, 0.15) is 49.4 Å². The lowest BCUT2D eigenvalue weighted by Crippen LogP contribution is -2.17. The number of nitrogens with zero attached hydrogens (tertiary/aromatic N) is 2. The van der Waals surface area contributed by atoms with Gasteiger partial charge >= 0.3 is 0 Å². The van der Waals surface area contributed by atoms with Gasteiger partial charge in [-0.1, -0.05) is 26.8 Å². The van der Waals surface area contributed by atoms with Crippen LogP contribution in [-0.2, 0) is 16.4 Å². The highest BCUT2D eigenvalue weighted by molar-refractivity contribution is 7.89. The summed E-state index contributed by atoms with van der Waals surface area (Å²) in [5.41, 5.74) is 2.26. The minimum absolute atomic E-state index is 0.0185. The number of pyridine rings is 2. The van der Waals surface area contributed by atoms with E-state index in [2.05, 4.69) is 9.97 Å². The van der Waals surface area contributed by atoms with Gasteiger partial charge < -0.3 is 0 Å². The van der Waals surface area contributed by atoms with E-state index in [0.29, 0.717) is 12.0 Å². The standard InChI is InChI=1S/C16H20FN3O2S/c1-10(2)14-7-12(8-20-16(14)23(18,21)22)6-11(3)15-5-4-13(17)9-19-15/h4-5,7-11H,6H2,1-3H3,(H2,18,21,22). The SMILES string of the molecule is CC(C)c1cc(CC(C)c2ccc(F)cn2)cnc1S(N)(=O)=O. The van der Waals surface area contributed by atoms with Gasteiger partial charge in [-0.2, -0.15) is 0 Å². The Hall–Kier alpha value is -1.86. The minimum atomic E-state index is -3.85. The maximum atomic E-state index is 12.9. The Balaban J connectivity index is 2.30. The molecule has 1 atom stereocenters. The number of hydrogen-bond donors (Lipinski definition) is 1. The van der Waals surface area contributed by atoms with E-state index in [1.165, 1.54) is 18.5 Å². The van der Waals surface area contributed by atoms with Crippen molar-refractivity contribution in [2.45, 2.75) is 44.1 Å².